The topological polar surface area (TPSA) is 66.5 Å². The first-order valence-electron chi connectivity index (χ1n) is 10.4. The third kappa shape index (κ3) is 5.26. The van der Waals surface area contributed by atoms with Crippen LogP contribution in [0.5, 0.6) is 0 Å². The van der Waals surface area contributed by atoms with Gasteiger partial charge < -0.3 is 5.32 Å². The molecule has 2 atom stereocenters. The number of rotatable bonds is 8. The fourth-order valence-electron chi connectivity index (χ4n) is 4.09. The molecule has 0 aliphatic carbocycles. The fourth-order valence-corrected chi connectivity index (χ4v) is 5.98. The van der Waals surface area contributed by atoms with Gasteiger partial charge in [-0.3, -0.25) is 4.79 Å². The Balaban J connectivity index is 1.84. The van der Waals surface area contributed by atoms with Crippen LogP contribution in [0.1, 0.15) is 56.2 Å². The van der Waals surface area contributed by atoms with Gasteiger partial charge in [0.25, 0.3) is 0 Å². The Labute approximate surface area is 178 Å². The third-order valence-electron chi connectivity index (χ3n) is 5.63. The number of hydrogen-bond acceptors (Lipinski definition) is 3. The van der Waals surface area contributed by atoms with Gasteiger partial charge in [-0.1, -0.05) is 36.2 Å². The van der Waals surface area contributed by atoms with E-state index in [-0.39, 0.29) is 28.7 Å². The van der Waals surface area contributed by atoms with Gasteiger partial charge in [0.2, 0.25) is 15.9 Å². The molecule has 1 amide bonds. The van der Waals surface area contributed by atoms with Gasteiger partial charge in [0.05, 0.1) is 10.9 Å². The zero-order valence-electron chi connectivity index (χ0n) is 17.5. The van der Waals surface area contributed by atoms with E-state index in [2.05, 4.69) is 5.32 Å². The number of unbranched alkanes of at least 4 members (excludes halogenated alkanes) is 1. The highest BCUT2D eigenvalue weighted by Gasteiger charge is 2.42. The summed E-state index contributed by atoms with van der Waals surface area (Å²) < 4.78 is 42.2. The first kappa shape index (κ1) is 22.4. The van der Waals surface area contributed by atoms with E-state index < -0.39 is 10.0 Å². The molecule has 0 spiro atoms. The van der Waals surface area contributed by atoms with Crippen LogP contribution in [0, 0.1) is 12.7 Å². The van der Waals surface area contributed by atoms with E-state index in [9.17, 15) is 17.6 Å². The lowest BCUT2D eigenvalue weighted by molar-refractivity contribution is -0.118. The molecule has 1 aliphatic rings. The molecule has 0 saturated carbocycles. The molecule has 5 nitrogen and oxygen atoms in total. The molecule has 2 aromatic carbocycles. The number of carbonyl (C=O) groups excluding carboxylic acids is 1. The highest BCUT2D eigenvalue weighted by Crippen LogP contribution is 2.42. The van der Waals surface area contributed by atoms with E-state index in [0.29, 0.717) is 13.0 Å². The summed E-state index contributed by atoms with van der Waals surface area (Å²) in [5, 5.41) is 2.78. The van der Waals surface area contributed by atoms with Crippen LogP contribution in [0.15, 0.2) is 53.4 Å². The number of nitrogens with zero attached hydrogens (tertiary/aromatic N) is 1. The van der Waals surface area contributed by atoms with E-state index >= 15 is 0 Å². The van der Waals surface area contributed by atoms with E-state index in [4.69, 9.17) is 0 Å². The van der Waals surface area contributed by atoms with Gasteiger partial charge in [-0.15, -0.1) is 0 Å². The van der Waals surface area contributed by atoms with Crippen molar-refractivity contribution >= 4 is 15.9 Å². The maximum Gasteiger partial charge on any atom is 0.243 e. The van der Waals surface area contributed by atoms with Crippen molar-refractivity contribution in [2.45, 2.75) is 62.9 Å². The minimum Gasteiger partial charge on any atom is -0.356 e. The van der Waals surface area contributed by atoms with Crippen molar-refractivity contribution in [2.24, 2.45) is 0 Å². The second-order valence-electron chi connectivity index (χ2n) is 7.93. The van der Waals surface area contributed by atoms with Gasteiger partial charge in [-0.25, -0.2) is 12.8 Å². The maximum atomic E-state index is 13.6. The first-order chi connectivity index (χ1) is 14.3. The van der Waals surface area contributed by atoms with Crippen molar-refractivity contribution in [3.05, 3.63) is 65.5 Å². The summed E-state index contributed by atoms with van der Waals surface area (Å²) in [5.74, 6) is -0.393. The quantitative estimate of drug-likeness (QED) is 0.631. The lowest BCUT2D eigenvalue weighted by Crippen LogP contribution is -2.37. The Morgan fingerprint density at radius 3 is 2.37 bits per heavy atom. The number of halogens is 1. The van der Waals surface area contributed by atoms with Crippen LogP contribution in [0.25, 0.3) is 0 Å². The van der Waals surface area contributed by atoms with Crippen LogP contribution in [-0.2, 0) is 14.8 Å². The SMILES string of the molecule is CC(=O)NCCCCC1CCC(c2ccc(F)cc2)N1S(=O)(=O)c1ccc(C)cc1. The lowest BCUT2D eigenvalue weighted by atomic mass is 10.0. The Kier molecular flexibility index (Phi) is 7.26. The molecule has 162 valence electrons. The zero-order valence-corrected chi connectivity index (χ0v) is 18.3. The van der Waals surface area contributed by atoms with Crippen LogP contribution < -0.4 is 5.32 Å². The maximum absolute atomic E-state index is 13.6. The molecule has 3 rings (SSSR count). The Morgan fingerprint density at radius 1 is 1.07 bits per heavy atom. The predicted octanol–water partition coefficient (Wildman–Crippen LogP) is 4.33. The Hall–Kier alpha value is -2.25. The normalized spacial score (nSPS) is 19.7. The van der Waals surface area contributed by atoms with Gasteiger partial charge in [-0.05, 0) is 62.4 Å². The summed E-state index contributed by atoms with van der Waals surface area (Å²) in [6, 6.07) is 12.6. The van der Waals surface area contributed by atoms with E-state index in [1.807, 2.05) is 6.92 Å². The molecule has 2 unspecified atom stereocenters. The fraction of sp³-hybridized carbons (Fsp3) is 0.435. The number of carbonyl (C=O) groups is 1. The van der Waals surface area contributed by atoms with E-state index in [1.165, 1.54) is 19.1 Å². The molecule has 0 aromatic heterocycles. The van der Waals surface area contributed by atoms with E-state index in [1.54, 1.807) is 40.7 Å². The number of nitrogens with one attached hydrogen (secondary N) is 1. The molecule has 1 N–H and O–H groups in total. The number of sulfonamides is 1. The molecule has 1 fully saturated rings. The molecule has 0 radical (unpaired) electrons. The number of benzene rings is 2. The molecule has 0 bridgehead atoms. The summed E-state index contributed by atoms with van der Waals surface area (Å²) in [6.07, 6.45) is 3.81. The predicted molar refractivity (Wildman–Crippen MR) is 115 cm³/mol. The molecule has 30 heavy (non-hydrogen) atoms. The number of aryl methyl sites for hydroxylation is 1. The largest absolute Gasteiger partial charge is 0.356 e. The van der Waals surface area contributed by atoms with Crippen molar-refractivity contribution in [1.29, 1.82) is 0 Å². The Bertz CT molecular complexity index is 959. The third-order valence-corrected chi connectivity index (χ3v) is 7.61. The molecule has 1 aliphatic heterocycles. The molecular formula is C23H29FN2O3S. The van der Waals surface area contributed by atoms with Gasteiger partial charge in [0, 0.05) is 19.5 Å². The van der Waals surface area contributed by atoms with Crippen molar-refractivity contribution in [1.82, 2.24) is 9.62 Å². The summed E-state index contributed by atoms with van der Waals surface area (Å²) in [7, 11) is -3.70. The molecule has 1 heterocycles. The standard InChI is InChI=1S/C23H29FN2O3S/c1-17-6-13-22(14-7-17)30(28,29)26-21(5-3-4-16-25-18(2)27)12-15-23(26)19-8-10-20(24)11-9-19/h6-11,13-14,21,23H,3-5,12,15-16H2,1-2H3,(H,25,27). The lowest BCUT2D eigenvalue weighted by Gasteiger charge is -2.30. The number of hydrogen-bond donors (Lipinski definition) is 1. The second-order valence-corrected chi connectivity index (χ2v) is 9.77. The van der Waals surface area contributed by atoms with Crippen molar-refractivity contribution in [3.8, 4) is 0 Å². The summed E-state index contributed by atoms with van der Waals surface area (Å²) in [4.78, 5) is 11.3. The van der Waals surface area contributed by atoms with Crippen LogP contribution in [0.2, 0.25) is 0 Å². The van der Waals surface area contributed by atoms with Crippen LogP contribution in [0.4, 0.5) is 4.39 Å². The highest BCUT2D eigenvalue weighted by atomic mass is 32.2. The molecule has 1 saturated heterocycles. The monoisotopic (exact) mass is 432 g/mol. The average Bonchev–Trinajstić information content (AvgIpc) is 3.13. The van der Waals surface area contributed by atoms with Gasteiger partial charge in [0.1, 0.15) is 5.82 Å². The van der Waals surface area contributed by atoms with Crippen molar-refractivity contribution in [3.63, 3.8) is 0 Å². The molecule has 7 heteroatoms. The zero-order chi connectivity index (χ0) is 21.7. The minimum absolute atomic E-state index is 0.0594. The van der Waals surface area contributed by atoms with Crippen LogP contribution in [-0.4, -0.2) is 31.2 Å². The van der Waals surface area contributed by atoms with Gasteiger partial charge in [-0.2, -0.15) is 4.31 Å². The smallest absolute Gasteiger partial charge is 0.243 e. The number of amides is 1. The van der Waals surface area contributed by atoms with Crippen LogP contribution >= 0.6 is 0 Å². The first-order valence-corrected chi connectivity index (χ1v) is 11.8. The van der Waals surface area contributed by atoms with Gasteiger partial charge >= 0.3 is 0 Å². The highest BCUT2D eigenvalue weighted by molar-refractivity contribution is 7.89. The summed E-state index contributed by atoms with van der Waals surface area (Å²) in [6.45, 7) is 4.00. The average molecular weight is 433 g/mol. The van der Waals surface area contributed by atoms with Crippen molar-refractivity contribution < 1.29 is 17.6 Å². The van der Waals surface area contributed by atoms with E-state index in [0.717, 1.165) is 36.8 Å². The summed E-state index contributed by atoms with van der Waals surface area (Å²) in [5.41, 5.74) is 1.81. The second kappa shape index (κ2) is 9.71. The van der Waals surface area contributed by atoms with Crippen LogP contribution in [0.3, 0.4) is 0 Å². The minimum atomic E-state index is -3.70. The summed E-state index contributed by atoms with van der Waals surface area (Å²) >= 11 is 0. The molecule has 2 aromatic rings. The van der Waals surface area contributed by atoms with Crippen molar-refractivity contribution in [2.75, 3.05) is 6.54 Å². The Morgan fingerprint density at radius 2 is 1.73 bits per heavy atom. The van der Waals surface area contributed by atoms with Gasteiger partial charge in [0.15, 0.2) is 0 Å². The molecular weight excluding hydrogens is 403 g/mol.